The second kappa shape index (κ2) is 6.34. The number of carbonyl (C=O) groups excluding carboxylic acids is 1. The van der Waals surface area contributed by atoms with Gasteiger partial charge in [0.25, 0.3) is 0 Å². The molecule has 0 aliphatic rings. The summed E-state index contributed by atoms with van der Waals surface area (Å²) in [6.45, 7) is 4.54. The van der Waals surface area contributed by atoms with Crippen LogP contribution in [0.5, 0.6) is 0 Å². The Kier molecular flexibility index (Phi) is 5.27. The monoisotopic (exact) mass is 300 g/mol. The van der Waals surface area contributed by atoms with Gasteiger partial charge in [0.1, 0.15) is 5.60 Å². The third kappa shape index (κ3) is 4.29. The van der Waals surface area contributed by atoms with Crippen molar-refractivity contribution in [3.8, 4) is 0 Å². The Balaban J connectivity index is 2.80. The first kappa shape index (κ1) is 16.6. The van der Waals surface area contributed by atoms with Crippen molar-refractivity contribution in [3.63, 3.8) is 0 Å². The zero-order valence-corrected chi connectivity index (χ0v) is 12.6. The molecule has 1 aromatic carbocycles. The van der Waals surface area contributed by atoms with Crippen LogP contribution in [0.3, 0.4) is 0 Å². The van der Waals surface area contributed by atoms with Crippen LogP contribution in [0, 0.1) is 0 Å². The third-order valence-electron chi connectivity index (χ3n) is 2.97. The molecular weight excluding hydrogens is 280 g/mol. The molecule has 1 rings (SSSR count). The molecule has 0 radical (unpaired) electrons. The van der Waals surface area contributed by atoms with Gasteiger partial charge < -0.3 is 10.4 Å². The van der Waals surface area contributed by atoms with Gasteiger partial charge in [-0.2, -0.15) is 0 Å². The van der Waals surface area contributed by atoms with Crippen LogP contribution in [0.25, 0.3) is 0 Å². The summed E-state index contributed by atoms with van der Waals surface area (Å²) in [7, 11) is -3.42. The minimum atomic E-state index is -3.42. The lowest BCUT2D eigenvalue weighted by atomic mass is 9.96. The van der Waals surface area contributed by atoms with Gasteiger partial charge in [-0.3, -0.25) is 4.79 Å². The van der Waals surface area contributed by atoms with E-state index in [1.807, 2.05) is 0 Å². The van der Waals surface area contributed by atoms with Gasteiger partial charge in [0, 0.05) is 12.2 Å². The van der Waals surface area contributed by atoms with Crippen molar-refractivity contribution in [1.82, 2.24) is 4.72 Å². The number of nitrogens with one attached hydrogen (secondary N) is 2. The molecule has 0 aliphatic carbocycles. The molecule has 112 valence electrons. The van der Waals surface area contributed by atoms with Gasteiger partial charge in [-0.1, -0.05) is 12.1 Å². The van der Waals surface area contributed by atoms with Crippen LogP contribution in [0.1, 0.15) is 26.3 Å². The fourth-order valence-corrected chi connectivity index (χ4v) is 2.32. The lowest BCUT2D eigenvalue weighted by molar-refractivity contribution is -0.105. The highest BCUT2D eigenvalue weighted by molar-refractivity contribution is 7.90. The topological polar surface area (TPSA) is 95.5 Å². The number of hydrogen-bond acceptors (Lipinski definition) is 4. The van der Waals surface area contributed by atoms with E-state index in [2.05, 4.69) is 10.0 Å². The van der Waals surface area contributed by atoms with E-state index < -0.39 is 20.9 Å². The number of aliphatic hydroxyl groups is 1. The van der Waals surface area contributed by atoms with Gasteiger partial charge in [-0.15, -0.1) is 0 Å². The lowest BCUT2D eigenvalue weighted by Gasteiger charge is -2.25. The maximum Gasteiger partial charge on any atom is 0.214 e. The van der Waals surface area contributed by atoms with Crippen molar-refractivity contribution in [3.05, 3.63) is 29.8 Å². The lowest BCUT2D eigenvalue weighted by Crippen LogP contribution is -2.41. The first-order valence-electron chi connectivity index (χ1n) is 6.20. The summed E-state index contributed by atoms with van der Waals surface area (Å²) in [5.41, 5.74) is -0.176. The Morgan fingerprint density at radius 2 is 1.85 bits per heavy atom. The third-order valence-corrected chi connectivity index (χ3v) is 4.76. The molecule has 20 heavy (non-hydrogen) atoms. The molecule has 0 saturated heterocycles. The SMILES string of the molecule is CC(C)S(=O)(=O)NCC(C)(O)c1ccc(NC=O)cc1. The summed E-state index contributed by atoms with van der Waals surface area (Å²) in [6, 6.07) is 6.54. The van der Waals surface area contributed by atoms with Crippen molar-refractivity contribution in [2.24, 2.45) is 0 Å². The molecular formula is C13H20N2O4S. The van der Waals surface area contributed by atoms with E-state index in [1.54, 1.807) is 38.1 Å². The number of benzene rings is 1. The molecule has 1 amide bonds. The van der Waals surface area contributed by atoms with E-state index in [0.717, 1.165) is 0 Å². The minimum absolute atomic E-state index is 0.117. The molecule has 0 spiro atoms. The molecule has 3 N–H and O–H groups in total. The minimum Gasteiger partial charge on any atom is -0.384 e. The normalized spacial score (nSPS) is 14.8. The summed E-state index contributed by atoms with van der Waals surface area (Å²) in [5, 5.41) is 12.3. The molecule has 0 fully saturated rings. The van der Waals surface area contributed by atoms with E-state index in [4.69, 9.17) is 0 Å². The first-order chi connectivity index (χ1) is 9.19. The Hall–Kier alpha value is -1.44. The fourth-order valence-electron chi connectivity index (χ4n) is 1.50. The van der Waals surface area contributed by atoms with Gasteiger partial charge in [0.05, 0.1) is 5.25 Å². The Morgan fingerprint density at radius 1 is 1.30 bits per heavy atom. The maximum atomic E-state index is 11.7. The second-order valence-electron chi connectivity index (χ2n) is 5.03. The maximum absolute atomic E-state index is 11.7. The van der Waals surface area contributed by atoms with Crippen LogP contribution in [-0.2, 0) is 20.4 Å². The standard InChI is InChI=1S/C13H20N2O4S/c1-10(2)20(18,19)15-8-13(3,17)11-4-6-12(7-5-11)14-9-16/h4-7,9-10,15,17H,8H2,1-3H3,(H,14,16). The van der Waals surface area contributed by atoms with Gasteiger partial charge in [0.2, 0.25) is 16.4 Å². The van der Waals surface area contributed by atoms with Crippen LogP contribution in [-0.4, -0.2) is 31.7 Å². The van der Waals surface area contributed by atoms with E-state index in [0.29, 0.717) is 17.7 Å². The van der Waals surface area contributed by atoms with Gasteiger partial charge in [-0.25, -0.2) is 13.1 Å². The predicted octanol–water partition coefficient (Wildman–Crippen LogP) is 0.790. The fraction of sp³-hybridized carbons (Fsp3) is 0.462. The van der Waals surface area contributed by atoms with Crippen LogP contribution in [0.2, 0.25) is 0 Å². The number of rotatable bonds is 7. The summed E-state index contributed by atoms with van der Waals surface area (Å²) < 4.78 is 25.7. The molecule has 7 heteroatoms. The highest BCUT2D eigenvalue weighted by atomic mass is 32.2. The summed E-state index contributed by atoms with van der Waals surface area (Å²) in [6.07, 6.45) is 0.559. The molecule has 1 atom stereocenters. The molecule has 6 nitrogen and oxygen atoms in total. The van der Waals surface area contributed by atoms with E-state index in [-0.39, 0.29) is 6.54 Å². The van der Waals surface area contributed by atoms with Crippen molar-refractivity contribution in [2.75, 3.05) is 11.9 Å². The van der Waals surface area contributed by atoms with Gasteiger partial charge >= 0.3 is 0 Å². The predicted molar refractivity (Wildman–Crippen MR) is 77.8 cm³/mol. The van der Waals surface area contributed by atoms with Crippen molar-refractivity contribution < 1.29 is 18.3 Å². The number of anilines is 1. The largest absolute Gasteiger partial charge is 0.384 e. The molecule has 0 heterocycles. The molecule has 0 aromatic heterocycles. The number of amides is 1. The summed E-state index contributed by atoms with van der Waals surface area (Å²) in [4.78, 5) is 10.3. The van der Waals surface area contributed by atoms with Gasteiger partial charge in [-0.05, 0) is 38.5 Å². The molecule has 0 aliphatic heterocycles. The molecule has 1 aromatic rings. The second-order valence-corrected chi connectivity index (χ2v) is 7.35. The summed E-state index contributed by atoms with van der Waals surface area (Å²) in [5.74, 6) is 0. The zero-order valence-electron chi connectivity index (χ0n) is 11.8. The van der Waals surface area contributed by atoms with Gasteiger partial charge in [0.15, 0.2) is 0 Å². The van der Waals surface area contributed by atoms with Crippen molar-refractivity contribution >= 4 is 22.1 Å². The first-order valence-corrected chi connectivity index (χ1v) is 7.75. The number of sulfonamides is 1. The Bertz CT molecular complexity index is 550. The molecule has 1 unspecified atom stereocenters. The highest BCUT2D eigenvalue weighted by Crippen LogP contribution is 2.22. The van der Waals surface area contributed by atoms with E-state index in [1.165, 1.54) is 6.92 Å². The van der Waals surface area contributed by atoms with Crippen molar-refractivity contribution in [1.29, 1.82) is 0 Å². The highest BCUT2D eigenvalue weighted by Gasteiger charge is 2.26. The number of hydrogen-bond donors (Lipinski definition) is 3. The number of carbonyl (C=O) groups is 1. The molecule has 0 saturated carbocycles. The average molecular weight is 300 g/mol. The van der Waals surface area contributed by atoms with E-state index >= 15 is 0 Å². The smallest absolute Gasteiger partial charge is 0.214 e. The van der Waals surface area contributed by atoms with Crippen LogP contribution in [0.4, 0.5) is 5.69 Å². The van der Waals surface area contributed by atoms with E-state index in [9.17, 15) is 18.3 Å². The Morgan fingerprint density at radius 3 is 2.30 bits per heavy atom. The van der Waals surface area contributed by atoms with Crippen LogP contribution < -0.4 is 10.0 Å². The van der Waals surface area contributed by atoms with Crippen LogP contribution in [0.15, 0.2) is 24.3 Å². The average Bonchev–Trinajstić information content (AvgIpc) is 2.38. The van der Waals surface area contributed by atoms with Crippen LogP contribution >= 0.6 is 0 Å². The van der Waals surface area contributed by atoms with Crippen molar-refractivity contribution in [2.45, 2.75) is 31.6 Å². The molecule has 0 bridgehead atoms. The zero-order chi connectivity index (χ0) is 15.4. The quantitative estimate of drug-likeness (QED) is 0.649. The Labute approximate surface area is 119 Å². The summed E-state index contributed by atoms with van der Waals surface area (Å²) >= 11 is 0.